The number of aromatic nitrogens is 1. The Morgan fingerprint density at radius 2 is 2.33 bits per heavy atom. The number of carboxylic acids is 1. The molecule has 0 unspecified atom stereocenters. The minimum atomic E-state index is -1.33. The molecule has 6 heteroatoms. The monoisotopic (exact) mass is 171 g/mol. The lowest BCUT2D eigenvalue weighted by molar-refractivity contribution is 0.0582. The molecule has 1 aromatic rings. The minimum Gasteiger partial charge on any atom is -0.476 e. The normalized spacial score (nSPS) is 9.42. The summed E-state index contributed by atoms with van der Waals surface area (Å²) in [6.45, 7) is 0. The van der Waals surface area contributed by atoms with Crippen LogP contribution in [0.15, 0.2) is 10.8 Å². The first-order valence-corrected chi connectivity index (χ1v) is 2.92. The van der Waals surface area contributed by atoms with Gasteiger partial charge in [0.25, 0.3) is 0 Å². The highest BCUT2D eigenvalue weighted by atomic mass is 16.5. The summed E-state index contributed by atoms with van der Waals surface area (Å²) in [6, 6.07) is 0. The molecular weight excluding hydrogens is 166 g/mol. The van der Waals surface area contributed by atoms with Gasteiger partial charge >= 0.3 is 11.9 Å². The summed E-state index contributed by atoms with van der Waals surface area (Å²) >= 11 is 0. The van der Waals surface area contributed by atoms with Gasteiger partial charge in [0.05, 0.1) is 7.11 Å². The van der Waals surface area contributed by atoms with Crippen LogP contribution >= 0.6 is 0 Å². The van der Waals surface area contributed by atoms with Crippen molar-refractivity contribution >= 4 is 11.9 Å². The molecule has 0 fully saturated rings. The van der Waals surface area contributed by atoms with Gasteiger partial charge in [0.1, 0.15) is 11.8 Å². The topological polar surface area (TPSA) is 89.6 Å². The predicted molar refractivity (Wildman–Crippen MR) is 34.8 cm³/mol. The number of carboxylic acid groups (broad SMARTS) is 1. The maximum atomic E-state index is 10.8. The molecule has 0 atom stereocenters. The first-order chi connectivity index (χ1) is 5.66. The third kappa shape index (κ3) is 1.26. The van der Waals surface area contributed by atoms with Gasteiger partial charge < -0.3 is 14.4 Å². The Bertz CT molecular complexity index is 315. The molecule has 0 aliphatic carbocycles. The van der Waals surface area contributed by atoms with E-state index < -0.39 is 17.6 Å². The van der Waals surface area contributed by atoms with Crippen LogP contribution in [-0.4, -0.2) is 29.3 Å². The lowest BCUT2D eigenvalue weighted by atomic mass is 10.2. The number of ether oxygens (including phenoxy) is 1. The lowest BCUT2D eigenvalue weighted by Gasteiger charge is -1.93. The molecule has 0 amide bonds. The standard InChI is InChI=1S/C6H5NO5/c1-11-6(10)3-2-12-7-4(3)5(8)9/h2H,1H3,(H,8,9). The molecule has 0 aromatic carbocycles. The maximum Gasteiger partial charge on any atom is 0.359 e. The number of methoxy groups -OCH3 is 1. The van der Waals surface area contributed by atoms with E-state index in [1.807, 2.05) is 0 Å². The first-order valence-electron chi connectivity index (χ1n) is 2.92. The van der Waals surface area contributed by atoms with Gasteiger partial charge in [0.2, 0.25) is 5.69 Å². The zero-order valence-electron chi connectivity index (χ0n) is 6.10. The van der Waals surface area contributed by atoms with Crippen LogP contribution < -0.4 is 0 Å². The molecule has 1 N–H and O–H groups in total. The molecule has 64 valence electrons. The second kappa shape index (κ2) is 3.04. The van der Waals surface area contributed by atoms with Crippen molar-refractivity contribution in [3.05, 3.63) is 17.5 Å². The third-order valence-corrected chi connectivity index (χ3v) is 1.18. The van der Waals surface area contributed by atoms with Gasteiger partial charge in [-0.1, -0.05) is 5.16 Å². The van der Waals surface area contributed by atoms with E-state index in [-0.39, 0.29) is 5.56 Å². The fraction of sp³-hybridized carbons (Fsp3) is 0.167. The Morgan fingerprint density at radius 1 is 1.67 bits per heavy atom. The molecule has 0 aliphatic heterocycles. The average molecular weight is 171 g/mol. The summed E-state index contributed by atoms with van der Waals surface area (Å²) in [5.41, 5.74) is -0.633. The fourth-order valence-corrected chi connectivity index (χ4v) is 0.646. The van der Waals surface area contributed by atoms with E-state index in [2.05, 4.69) is 14.4 Å². The summed E-state index contributed by atoms with van der Waals surface area (Å²) in [6.07, 6.45) is 0.926. The highest BCUT2D eigenvalue weighted by Crippen LogP contribution is 2.07. The SMILES string of the molecule is COC(=O)c1conc1C(=O)O. The Labute approximate surface area is 66.7 Å². The second-order valence-corrected chi connectivity index (χ2v) is 1.87. The molecule has 0 radical (unpaired) electrons. The Kier molecular flexibility index (Phi) is 2.09. The Morgan fingerprint density at radius 3 is 2.83 bits per heavy atom. The number of hydrogen-bond donors (Lipinski definition) is 1. The van der Waals surface area contributed by atoms with Crippen LogP contribution in [0.5, 0.6) is 0 Å². The van der Waals surface area contributed by atoms with Crippen LogP contribution in [0, 0.1) is 0 Å². The van der Waals surface area contributed by atoms with Crippen LogP contribution in [0.25, 0.3) is 0 Å². The van der Waals surface area contributed by atoms with Crippen LogP contribution in [-0.2, 0) is 4.74 Å². The number of aromatic carboxylic acids is 1. The van der Waals surface area contributed by atoms with Crippen LogP contribution in [0.2, 0.25) is 0 Å². The molecule has 0 saturated heterocycles. The fourth-order valence-electron chi connectivity index (χ4n) is 0.646. The largest absolute Gasteiger partial charge is 0.476 e. The van der Waals surface area contributed by atoms with E-state index >= 15 is 0 Å². The molecule has 0 aliphatic rings. The van der Waals surface area contributed by atoms with Gasteiger partial charge in [-0.25, -0.2) is 9.59 Å². The predicted octanol–water partition coefficient (Wildman–Crippen LogP) is 0.159. The van der Waals surface area contributed by atoms with E-state index in [1.54, 1.807) is 0 Å². The number of rotatable bonds is 2. The molecule has 1 rings (SSSR count). The summed E-state index contributed by atoms with van der Waals surface area (Å²) in [4.78, 5) is 21.2. The van der Waals surface area contributed by atoms with E-state index in [9.17, 15) is 9.59 Å². The molecule has 0 saturated carbocycles. The van der Waals surface area contributed by atoms with Gasteiger partial charge in [0, 0.05) is 0 Å². The minimum absolute atomic E-state index is 0.190. The number of carbonyl (C=O) groups is 2. The van der Waals surface area contributed by atoms with E-state index in [0.717, 1.165) is 13.4 Å². The lowest BCUT2D eigenvalue weighted by Crippen LogP contribution is -2.08. The summed E-state index contributed by atoms with van der Waals surface area (Å²) < 4.78 is 8.58. The quantitative estimate of drug-likeness (QED) is 0.637. The Hall–Kier alpha value is -1.85. The number of nitrogens with zero attached hydrogens (tertiary/aromatic N) is 1. The van der Waals surface area contributed by atoms with Crippen molar-refractivity contribution in [3.8, 4) is 0 Å². The molecule has 6 nitrogen and oxygen atoms in total. The number of esters is 1. The van der Waals surface area contributed by atoms with Crippen molar-refractivity contribution in [3.63, 3.8) is 0 Å². The van der Waals surface area contributed by atoms with Gasteiger partial charge in [-0.15, -0.1) is 0 Å². The van der Waals surface area contributed by atoms with Gasteiger partial charge in [-0.05, 0) is 0 Å². The molecule has 1 heterocycles. The molecule has 1 aromatic heterocycles. The van der Waals surface area contributed by atoms with Crippen LogP contribution in [0.1, 0.15) is 20.8 Å². The first kappa shape index (κ1) is 8.25. The zero-order chi connectivity index (χ0) is 9.14. The summed E-state index contributed by atoms with van der Waals surface area (Å²) in [5.74, 6) is -2.11. The van der Waals surface area contributed by atoms with Gasteiger partial charge in [0.15, 0.2) is 0 Å². The van der Waals surface area contributed by atoms with Crippen molar-refractivity contribution in [1.29, 1.82) is 0 Å². The van der Waals surface area contributed by atoms with Crippen molar-refractivity contribution < 1.29 is 24.0 Å². The number of carbonyl (C=O) groups excluding carboxylic acids is 1. The second-order valence-electron chi connectivity index (χ2n) is 1.87. The van der Waals surface area contributed by atoms with Gasteiger partial charge in [-0.3, -0.25) is 0 Å². The van der Waals surface area contributed by atoms with Crippen molar-refractivity contribution in [2.45, 2.75) is 0 Å². The van der Waals surface area contributed by atoms with Crippen molar-refractivity contribution in [1.82, 2.24) is 5.16 Å². The van der Waals surface area contributed by atoms with Crippen LogP contribution in [0.4, 0.5) is 0 Å². The molecular formula is C6H5NO5. The molecule has 0 spiro atoms. The molecule has 0 bridgehead atoms. The van der Waals surface area contributed by atoms with E-state index in [1.165, 1.54) is 0 Å². The van der Waals surface area contributed by atoms with Gasteiger partial charge in [-0.2, -0.15) is 0 Å². The smallest absolute Gasteiger partial charge is 0.359 e. The maximum absolute atomic E-state index is 10.8. The van der Waals surface area contributed by atoms with Crippen molar-refractivity contribution in [2.75, 3.05) is 7.11 Å². The molecule has 12 heavy (non-hydrogen) atoms. The van der Waals surface area contributed by atoms with Crippen molar-refractivity contribution in [2.24, 2.45) is 0 Å². The summed E-state index contributed by atoms with van der Waals surface area (Å²) in [5, 5.41) is 11.6. The zero-order valence-corrected chi connectivity index (χ0v) is 6.10. The van der Waals surface area contributed by atoms with E-state index in [4.69, 9.17) is 5.11 Å². The van der Waals surface area contributed by atoms with Crippen LogP contribution in [0.3, 0.4) is 0 Å². The van der Waals surface area contributed by atoms with E-state index in [0.29, 0.717) is 0 Å². The highest BCUT2D eigenvalue weighted by molar-refractivity contribution is 6.00. The summed E-state index contributed by atoms with van der Waals surface area (Å²) in [7, 11) is 1.14. The number of hydrogen-bond acceptors (Lipinski definition) is 5. The average Bonchev–Trinajstić information content (AvgIpc) is 2.50. The Balaban J connectivity index is 3.07. The third-order valence-electron chi connectivity index (χ3n) is 1.18. The highest BCUT2D eigenvalue weighted by Gasteiger charge is 2.21.